The van der Waals surface area contributed by atoms with Gasteiger partial charge in [0.1, 0.15) is 49.8 Å². The molecule has 0 radical (unpaired) electrons. The lowest BCUT2D eigenvalue weighted by Gasteiger charge is -2.43. The van der Waals surface area contributed by atoms with Gasteiger partial charge < -0.3 is 78.4 Å². The number of esters is 2. The third-order valence-electron chi connectivity index (χ3n) is 8.21. The Morgan fingerprint density at radius 2 is 1.38 bits per heavy atom. The van der Waals surface area contributed by atoms with E-state index in [1.165, 1.54) is 58.8 Å². The van der Waals surface area contributed by atoms with E-state index < -0.39 is 86.6 Å². The molecule has 18 heteroatoms. The van der Waals surface area contributed by atoms with Gasteiger partial charge in [0.15, 0.2) is 35.4 Å². The van der Waals surface area contributed by atoms with Crippen molar-refractivity contribution in [1.29, 1.82) is 0 Å². The number of hydrogen-bond acceptors (Lipinski definition) is 18. The standard InChI is InChI=1S/C34H42O18/c1-44-20-11-17(5-8-19(20)37)6-9-25(38)48-15-24-27(40)29(42)30(43)33(49-24)52-34(16-36)32(28(41)23(14-35)51-34)50-26(39)10-7-18-12-21(45-2)31(47-4)22(13-18)46-3/h5-13,23-24,27-30,32-33,35-37,40-43H,14-16H2,1-4H3/b9-6+,10-7+/t23-,24-,27-,28-,29+,30-,32+,33-,34+/m1/s1. The zero-order chi connectivity index (χ0) is 38.2. The van der Waals surface area contributed by atoms with Crippen LogP contribution >= 0.6 is 0 Å². The molecule has 0 spiro atoms. The van der Waals surface area contributed by atoms with Crippen molar-refractivity contribution in [3.63, 3.8) is 0 Å². The predicted octanol–water partition coefficient (Wildman–Crippen LogP) is -1.13. The highest BCUT2D eigenvalue weighted by molar-refractivity contribution is 5.88. The molecule has 0 amide bonds. The molecule has 18 nitrogen and oxygen atoms in total. The van der Waals surface area contributed by atoms with E-state index in [9.17, 15) is 45.3 Å². The Labute approximate surface area is 297 Å². The number of carbonyl (C=O) groups excluding carboxylic acids is 2. The predicted molar refractivity (Wildman–Crippen MR) is 175 cm³/mol. The molecule has 2 aromatic rings. The molecule has 2 aliphatic heterocycles. The summed E-state index contributed by atoms with van der Waals surface area (Å²) >= 11 is 0. The van der Waals surface area contributed by atoms with Gasteiger partial charge in [0, 0.05) is 12.2 Å². The fraction of sp³-hybridized carbons (Fsp3) is 0.471. The zero-order valence-corrected chi connectivity index (χ0v) is 28.6. The summed E-state index contributed by atoms with van der Waals surface area (Å²) in [6.07, 6.45) is -9.55. The van der Waals surface area contributed by atoms with Crippen molar-refractivity contribution in [2.45, 2.75) is 54.8 Å². The van der Waals surface area contributed by atoms with E-state index in [-0.39, 0.29) is 11.5 Å². The molecule has 0 unspecified atom stereocenters. The Kier molecular flexibility index (Phi) is 13.8. The van der Waals surface area contributed by atoms with Crippen LogP contribution in [0.15, 0.2) is 42.5 Å². The molecule has 9 atom stereocenters. The van der Waals surface area contributed by atoms with Crippen molar-refractivity contribution in [3.05, 3.63) is 53.6 Å². The highest BCUT2D eigenvalue weighted by Gasteiger charge is 2.60. The summed E-state index contributed by atoms with van der Waals surface area (Å²) in [7, 11) is 5.59. The maximum Gasteiger partial charge on any atom is 0.331 e. The number of hydrogen-bond donors (Lipinski definition) is 7. The second-order valence-corrected chi connectivity index (χ2v) is 11.5. The van der Waals surface area contributed by atoms with E-state index in [2.05, 4.69) is 0 Å². The number of aliphatic hydroxyl groups excluding tert-OH is 6. The van der Waals surface area contributed by atoms with Crippen LogP contribution in [-0.2, 0) is 33.3 Å². The van der Waals surface area contributed by atoms with Gasteiger partial charge in [-0.2, -0.15) is 0 Å². The third kappa shape index (κ3) is 8.92. The van der Waals surface area contributed by atoms with Crippen LogP contribution in [0.5, 0.6) is 28.7 Å². The number of carbonyl (C=O) groups is 2. The Morgan fingerprint density at radius 1 is 0.769 bits per heavy atom. The van der Waals surface area contributed by atoms with Crippen LogP contribution in [0.1, 0.15) is 11.1 Å². The van der Waals surface area contributed by atoms with Crippen LogP contribution in [0.3, 0.4) is 0 Å². The molecule has 0 aromatic heterocycles. The van der Waals surface area contributed by atoms with Gasteiger partial charge in [-0.1, -0.05) is 6.07 Å². The van der Waals surface area contributed by atoms with Gasteiger partial charge in [-0.25, -0.2) is 9.59 Å². The minimum absolute atomic E-state index is 0.107. The van der Waals surface area contributed by atoms with Gasteiger partial charge in [0.25, 0.3) is 0 Å². The summed E-state index contributed by atoms with van der Waals surface area (Å²) in [6.45, 7) is -2.61. The monoisotopic (exact) mass is 738 g/mol. The first-order valence-electron chi connectivity index (χ1n) is 15.7. The number of phenols is 1. The van der Waals surface area contributed by atoms with Crippen molar-refractivity contribution in [1.82, 2.24) is 0 Å². The Balaban J connectivity index is 1.48. The lowest BCUT2D eigenvalue weighted by atomic mass is 9.99. The lowest BCUT2D eigenvalue weighted by Crippen LogP contribution is -2.63. The molecule has 2 aromatic carbocycles. The summed E-state index contributed by atoms with van der Waals surface area (Å²) in [6, 6.07) is 7.41. The molecule has 4 rings (SSSR count). The summed E-state index contributed by atoms with van der Waals surface area (Å²) in [5.74, 6) is -3.48. The first-order valence-corrected chi connectivity index (χ1v) is 15.7. The molecule has 0 saturated carbocycles. The molecule has 0 aliphatic carbocycles. The van der Waals surface area contributed by atoms with Gasteiger partial charge in [0.2, 0.25) is 11.5 Å². The second kappa shape index (κ2) is 17.8. The first kappa shape index (κ1) is 40.3. The number of aliphatic hydroxyl groups is 6. The van der Waals surface area contributed by atoms with Crippen LogP contribution < -0.4 is 18.9 Å². The topological polar surface area (TPSA) is 259 Å². The Morgan fingerprint density at radius 3 is 1.98 bits per heavy atom. The largest absolute Gasteiger partial charge is 0.504 e. The van der Waals surface area contributed by atoms with E-state index in [1.54, 1.807) is 12.1 Å². The molecule has 0 bridgehead atoms. The van der Waals surface area contributed by atoms with Crippen molar-refractivity contribution in [3.8, 4) is 28.7 Å². The smallest absolute Gasteiger partial charge is 0.331 e. The number of benzene rings is 2. The molecule has 7 N–H and O–H groups in total. The minimum atomic E-state index is -2.48. The molecule has 2 fully saturated rings. The van der Waals surface area contributed by atoms with Gasteiger partial charge in [0.05, 0.1) is 35.0 Å². The first-order chi connectivity index (χ1) is 24.8. The molecule has 2 heterocycles. The fourth-order valence-electron chi connectivity index (χ4n) is 5.46. The van der Waals surface area contributed by atoms with Gasteiger partial charge in [-0.3, -0.25) is 0 Å². The number of aromatic hydroxyl groups is 1. The summed E-state index contributed by atoms with van der Waals surface area (Å²) in [5, 5.41) is 72.8. The van der Waals surface area contributed by atoms with Crippen molar-refractivity contribution >= 4 is 24.1 Å². The highest BCUT2D eigenvalue weighted by atomic mass is 16.8. The molecular formula is C34H42O18. The van der Waals surface area contributed by atoms with E-state index in [0.29, 0.717) is 28.4 Å². The van der Waals surface area contributed by atoms with Crippen molar-refractivity contribution in [2.75, 3.05) is 48.3 Å². The minimum Gasteiger partial charge on any atom is -0.504 e. The lowest BCUT2D eigenvalue weighted by molar-refractivity contribution is -0.383. The average molecular weight is 739 g/mol. The quantitative estimate of drug-likeness (QED) is 0.0843. The van der Waals surface area contributed by atoms with Gasteiger partial charge >= 0.3 is 11.9 Å². The molecular weight excluding hydrogens is 696 g/mol. The fourth-order valence-corrected chi connectivity index (χ4v) is 5.46. The van der Waals surface area contributed by atoms with E-state index in [4.69, 9.17) is 42.6 Å². The SMILES string of the molecule is COc1cc(/C=C/C(=O)OC[C@H]2O[C@H](O[C@]3(CO)O[C@H](CO)[C@@H](O)[C@@H]3OC(=O)/C=C/c3cc(OC)c(OC)c(OC)c3)[C@H](O)[C@@H](O)[C@@H]2O)ccc1O. The number of ether oxygens (including phenoxy) is 9. The molecule has 2 aliphatic rings. The van der Waals surface area contributed by atoms with Crippen molar-refractivity contribution in [2.24, 2.45) is 0 Å². The maximum absolute atomic E-state index is 13.0. The van der Waals surface area contributed by atoms with Crippen LogP contribution in [0.2, 0.25) is 0 Å². The van der Waals surface area contributed by atoms with Crippen LogP contribution in [0.4, 0.5) is 0 Å². The van der Waals surface area contributed by atoms with Crippen LogP contribution in [0, 0.1) is 0 Å². The summed E-state index contributed by atoms with van der Waals surface area (Å²) in [5.41, 5.74) is 0.899. The second-order valence-electron chi connectivity index (χ2n) is 11.5. The summed E-state index contributed by atoms with van der Waals surface area (Å²) < 4.78 is 48.4. The number of rotatable bonds is 15. The molecule has 2 saturated heterocycles. The van der Waals surface area contributed by atoms with Crippen molar-refractivity contribution < 1.29 is 88.0 Å². The van der Waals surface area contributed by atoms with Crippen LogP contribution in [-0.4, -0.2) is 151 Å². The van der Waals surface area contributed by atoms with Crippen LogP contribution in [0.25, 0.3) is 12.2 Å². The number of phenolic OH excluding ortho intramolecular Hbond substituents is 1. The van der Waals surface area contributed by atoms with E-state index in [0.717, 1.165) is 12.2 Å². The highest BCUT2D eigenvalue weighted by Crippen LogP contribution is 2.40. The Bertz CT molecular complexity index is 1570. The van der Waals surface area contributed by atoms with E-state index >= 15 is 0 Å². The average Bonchev–Trinajstić information content (AvgIpc) is 3.42. The summed E-state index contributed by atoms with van der Waals surface area (Å²) in [4.78, 5) is 25.4. The van der Waals surface area contributed by atoms with Gasteiger partial charge in [-0.15, -0.1) is 0 Å². The van der Waals surface area contributed by atoms with E-state index in [1.807, 2.05) is 0 Å². The third-order valence-corrected chi connectivity index (χ3v) is 8.21. The zero-order valence-electron chi connectivity index (χ0n) is 28.6. The molecule has 286 valence electrons. The van der Waals surface area contributed by atoms with Gasteiger partial charge in [-0.05, 0) is 47.5 Å². The molecule has 52 heavy (non-hydrogen) atoms. The Hall–Kier alpha value is -4.50. The number of methoxy groups -OCH3 is 4. The maximum atomic E-state index is 13.0. The normalized spacial score (nSPS) is 28.9.